The molecule has 1 heterocycles. The minimum absolute atomic E-state index is 0.143. The molecule has 1 atom stereocenters. The van der Waals surface area contributed by atoms with E-state index in [4.69, 9.17) is 5.11 Å². The summed E-state index contributed by atoms with van der Waals surface area (Å²) in [5, 5.41) is 28.9. The summed E-state index contributed by atoms with van der Waals surface area (Å²) in [4.78, 5) is 32.5. The lowest BCUT2D eigenvalue weighted by Gasteiger charge is -1.98. The third-order valence-corrected chi connectivity index (χ3v) is 4.24. The lowest BCUT2D eigenvalue weighted by atomic mass is 10.2. The molecule has 1 fully saturated rings. The van der Waals surface area contributed by atoms with Crippen molar-refractivity contribution >= 4 is 56.6 Å². The smallest absolute Gasteiger partial charge is 0.305 e. The average molecular weight is 401 g/mol. The maximum Gasteiger partial charge on any atom is 0.305 e. The molecule has 1 unspecified atom stereocenters. The first kappa shape index (κ1) is 17.1. The highest BCUT2D eigenvalue weighted by Gasteiger charge is 2.32. The van der Waals surface area contributed by atoms with Crippen LogP contribution in [0.2, 0.25) is 0 Å². The number of carboxylic acid groups (broad SMARTS) is 1. The number of aliphatic carboxylic acids is 1. The average Bonchev–Trinajstić information content (AvgIpc) is 2.79. The molecule has 0 radical (unpaired) electrons. The second-order valence-corrected chi connectivity index (χ2v) is 6.41. The van der Waals surface area contributed by atoms with Gasteiger partial charge in [-0.05, 0) is 12.1 Å². The van der Waals surface area contributed by atoms with Crippen molar-refractivity contribution in [3.63, 3.8) is 0 Å². The number of carbonyl (C=O) groups is 2. The van der Waals surface area contributed by atoms with Crippen LogP contribution < -0.4 is 5.32 Å². The Morgan fingerprint density at radius 3 is 2.96 bits per heavy atom. The predicted molar refractivity (Wildman–Crippen MR) is 87.6 cm³/mol. The van der Waals surface area contributed by atoms with Gasteiger partial charge < -0.3 is 10.4 Å². The fraction of sp³-hybridized carbons (Fsp3) is 0.167. The fourth-order valence-corrected chi connectivity index (χ4v) is 2.94. The van der Waals surface area contributed by atoms with Crippen LogP contribution in [0.4, 0.5) is 5.69 Å². The number of rotatable bonds is 5. The summed E-state index contributed by atoms with van der Waals surface area (Å²) in [5.74, 6) is -1.55. The van der Waals surface area contributed by atoms with Crippen LogP contribution in [-0.2, 0) is 9.59 Å². The van der Waals surface area contributed by atoms with Crippen molar-refractivity contribution in [1.29, 1.82) is 0 Å². The number of amidine groups is 1. The Hall–Kier alpha value is -2.27. The zero-order chi connectivity index (χ0) is 17.0. The number of thioether (sulfide) groups is 1. The molecule has 2 N–H and O–H groups in total. The van der Waals surface area contributed by atoms with Crippen molar-refractivity contribution in [2.45, 2.75) is 11.7 Å². The molecule has 0 aromatic heterocycles. The Balaban J connectivity index is 2.12. The SMILES string of the molecule is O=C(O)CC1SC(=NN=Cc2ccc(Br)cc2[N+](=O)[O-])NC1=O. The third kappa shape index (κ3) is 4.60. The topological polar surface area (TPSA) is 134 Å². The van der Waals surface area contributed by atoms with Gasteiger partial charge in [-0.15, -0.1) is 5.10 Å². The van der Waals surface area contributed by atoms with Crippen LogP contribution in [-0.4, -0.2) is 38.5 Å². The summed E-state index contributed by atoms with van der Waals surface area (Å²) in [6, 6.07) is 4.46. The van der Waals surface area contributed by atoms with Gasteiger partial charge in [-0.1, -0.05) is 27.7 Å². The largest absolute Gasteiger partial charge is 0.481 e. The van der Waals surface area contributed by atoms with Crippen molar-refractivity contribution in [3.05, 3.63) is 38.3 Å². The third-order valence-electron chi connectivity index (χ3n) is 2.67. The summed E-state index contributed by atoms with van der Waals surface area (Å²) in [6.07, 6.45) is 0.867. The van der Waals surface area contributed by atoms with E-state index in [9.17, 15) is 19.7 Å². The highest BCUT2D eigenvalue weighted by atomic mass is 79.9. The quantitative estimate of drug-likeness (QED) is 0.439. The van der Waals surface area contributed by atoms with Crippen LogP contribution in [0.15, 0.2) is 32.9 Å². The number of nitrogens with one attached hydrogen (secondary N) is 1. The van der Waals surface area contributed by atoms with Gasteiger partial charge in [0.15, 0.2) is 5.17 Å². The number of nitrogens with zero attached hydrogens (tertiary/aromatic N) is 3. The van der Waals surface area contributed by atoms with Gasteiger partial charge in [-0.2, -0.15) is 5.10 Å². The zero-order valence-corrected chi connectivity index (χ0v) is 13.7. The Labute approximate surface area is 142 Å². The van der Waals surface area contributed by atoms with Crippen molar-refractivity contribution in [1.82, 2.24) is 5.32 Å². The Morgan fingerprint density at radius 2 is 2.30 bits per heavy atom. The monoisotopic (exact) mass is 400 g/mol. The maximum atomic E-state index is 11.5. The molecule has 1 aliphatic rings. The molecular weight excluding hydrogens is 392 g/mol. The van der Waals surface area contributed by atoms with E-state index in [1.165, 1.54) is 18.3 Å². The number of hydrogen-bond donors (Lipinski definition) is 2. The molecule has 0 spiro atoms. The molecule has 23 heavy (non-hydrogen) atoms. The number of halogens is 1. The first-order chi connectivity index (χ1) is 10.9. The Bertz CT molecular complexity index is 736. The number of amides is 1. The van der Waals surface area contributed by atoms with Gasteiger partial charge in [-0.3, -0.25) is 19.7 Å². The van der Waals surface area contributed by atoms with Gasteiger partial charge in [-0.25, -0.2) is 0 Å². The van der Waals surface area contributed by atoms with Crippen LogP contribution in [0.5, 0.6) is 0 Å². The van der Waals surface area contributed by atoms with Gasteiger partial charge in [0.25, 0.3) is 5.69 Å². The van der Waals surface area contributed by atoms with Gasteiger partial charge in [0.2, 0.25) is 5.91 Å². The molecule has 1 amide bonds. The predicted octanol–water partition coefficient (Wildman–Crippen LogP) is 1.75. The van der Waals surface area contributed by atoms with Crippen molar-refractivity contribution in [2.24, 2.45) is 10.2 Å². The second kappa shape index (κ2) is 7.33. The van der Waals surface area contributed by atoms with Gasteiger partial charge in [0, 0.05) is 10.5 Å². The normalized spacial score (nSPS) is 19.3. The molecule has 0 saturated carbocycles. The van der Waals surface area contributed by atoms with Crippen LogP contribution in [0.3, 0.4) is 0 Å². The van der Waals surface area contributed by atoms with Crippen molar-refractivity contribution < 1.29 is 19.6 Å². The molecular formula is C12H9BrN4O5S. The molecule has 1 aromatic rings. The van der Waals surface area contributed by atoms with Crippen molar-refractivity contribution in [2.75, 3.05) is 0 Å². The standard InChI is InChI=1S/C12H9BrN4O5S/c13-7-2-1-6(8(3-7)17(21)22)5-14-16-12-15-11(20)9(23-12)4-10(18)19/h1-3,5,9H,4H2,(H,18,19)(H,15,16,20). The van der Waals surface area contributed by atoms with E-state index in [-0.39, 0.29) is 22.8 Å². The van der Waals surface area contributed by atoms with Crippen molar-refractivity contribution in [3.8, 4) is 0 Å². The molecule has 1 aliphatic heterocycles. The number of benzene rings is 1. The van der Waals surface area contributed by atoms with E-state index in [2.05, 4.69) is 31.4 Å². The van der Waals surface area contributed by atoms with Crippen LogP contribution in [0.1, 0.15) is 12.0 Å². The van der Waals surface area contributed by atoms with E-state index in [1.807, 2.05) is 0 Å². The van der Waals surface area contributed by atoms with Gasteiger partial charge in [0.05, 0.1) is 23.1 Å². The molecule has 1 saturated heterocycles. The number of nitro groups is 1. The molecule has 11 heteroatoms. The Kier molecular flexibility index (Phi) is 5.45. The summed E-state index contributed by atoms with van der Waals surface area (Å²) < 4.78 is 0.558. The molecule has 1 aromatic carbocycles. The zero-order valence-electron chi connectivity index (χ0n) is 11.3. The Morgan fingerprint density at radius 1 is 1.57 bits per heavy atom. The van der Waals surface area contributed by atoms with E-state index in [0.717, 1.165) is 11.8 Å². The summed E-state index contributed by atoms with van der Waals surface area (Å²) >= 11 is 4.09. The lowest BCUT2D eigenvalue weighted by molar-refractivity contribution is -0.385. The van der Waals surface area contributed by atoms with Crippen LogP contribution >= 0.6 is 27.7 Å². The molecule has 0 aliphatic carbocycles. The first-order valence-corrected chi connectivity index (χ1v) is 7.78. The number of nitro benzene ring substituents is 1. The lowest BCUT2D eigenvalue weighted by Crippen LogP contribution is -2.26. The summed E-state index contributed by atoms with van der Waals surface area (Å²) in [7, 11) is 0. The minimum atomic E-state index is -1.09. The summed E-state index contributed by atoms with van der Waals surface area (Å²) in [6.45, 7) is 0. The van der Waals surface area contributed by atoms with Gasteiger partial charge in [0.1, 0.15) is 5.25 Å². The van der Waals surface area contributed by atoms with Crippen LogP contribution in [0.25, 0.3) is 0 Å². The minimum Gasteiger partial charge on any atom is -0.481 e. The van der Waals surface area contributed by atoms with E-state index in [0.29, 0.717) is 4.47 Å². The highest BCUT2D eigenvalue weighted by Crippen LogP contribution is 2.23. The highest BCUT2D eigenvalue weighted by molar-refractivity contribution is 9.10. The number of carboxylic acids is 1. The molecule has 0 bridgehead atoms. The molecule has 2 rings (SSSR count). The van der Waals surface area contributed by atoms with E-state index < -0.39 is 22.0 Å². The molecule has 120 valence electrons. The van der Waals surface area contributed by atoms with E-state index >= 15 is 0 Å². The fourth-order valence-electron chi connectivity index (χ4n) is 1.67. The van der Waals surface area contributed by atoms with Gasteiger partial charge >= 0.3 is 5.97 Å². The molecule has 9 nitrogen and oxygen atoms in total. The maximum absolute atomic E-state index is 11.5. The second-order valence-electron chi connectivity index (χ2n) is 4.30. The number of hydrogen-bond acceptors (Lipinski definition) is 7. The summed E-state index contributed by atoms with van der Waals surface area (Å²) in [5.41, 5.74) is 0.106. The van der Waals surface area contributed by atoms with E-state index in [1.54, 1.807) is 6.07 Å². The van der Waals surface area contributed by atoms with Crippen LogP contribution in [0, 0.1) is 10.1 Å². The first-order valence-electron chi connectivity index (χ1n) is 6.11. The number of carbonyl (C=O) groups excluding carboxylic acids is 1.